The number of aromatic amines is 1. The van der Waals surface area contributed by atoms with Crippen LogP contribution >= 0.6 is 0 Å². The van der Waals surface area contributed by atoms with Crippen molar-refractivity contribution in [3.05, 3.63) is 70.5 Å². The highest BCUT2D eigenvalue weighted by atomic mass is 16.1. The summed E-state index contributed by atoms with van der Waals surface area (Å²) in [7, 11) is 0. The highest BCUT2D eigenvalue weighted by molar-refractivity contribution is 5.90. The minimum Gasteiger partial charge on any atom is -0.368 e. The number of hydrogen-bond acceptors (Lipinski definition) is 4. The maximum absolute atomic E-state index is 12.2. The molecule has 6 nitrogen and oxygen atoms in total. The van der Waals surface area contributed by atoms with Crippen molar-refractivity contribution in [2.24, 2.45) is 5.41 Å². The molecular weight excluding hydrogens is 352 g/mol. The van der Waals surface area contributed by atoms with E-state index in [4.69, 9.17) is 0 Å². The third-order valence-corrected chi connectivity index (χ3v) is 4.68. The predicted molar refractivity (Wildman–Crippen MR) is 112 cm³/mol. The predicted octanol–water partition coefficient (Wildman–Crippen LogP) is 3.11. The third kappa shape index (κ3) is 5.19. The molecule has 0 aliphatic heterocycles. The molecule has 1 amide bonds. The number of hydrogen-bond donors (Lipinski definition) is 3. The van der Waals surface area contributed by atoms with Crippen molar-refractivity contribution in [3.63, 3.8) is 0 Å². The fourth-order valence-electron chi connectivity index (χ4n) is 2.96. The first-order valence-corrected chi connectivity index (χ1v) is 9.46. The first kappa shape index (κ1) is 19.6. The summed E-state index contributed by atoms with van der Waals surface area (Å²) in [4.78, 5) is 24.0. The van der Waals surface area contributed by atoms with Gasteiger partial charge in [-0.25, -0.2) is 5.10 Å². The highest BCUT2D eigenvalue weighted by Crippen LogP contribution is 2.20. The number of anilines is 1. The van der Waals surface area contributed by atoms with Gasteiger partial charge in [-0.15, -0.1) is 0 Å². The van der Waals surface area contributed by atoms with Crippen LogP contribution in [0.3, 0.4) is 0 Å². The van der Waals surface area contributed by atoms with E-state index in [1.54, 1.807) is 6.07 Å². The van der Waals surface area contributed by atoms with Crippen molar-refractivity contribution in [2.75, 3.05) is 18.4 Å². The van der Waals surface area contributed by atoms with Gasteiger partial charge in [-0.05, 0) is 23.5 Å². The number of carbonyl (C=O) groups is 1. The number of rotatable bonds is 8. The van der Waals surface area contributed by atoms with Crippen LogP contribution in [0.1, 0.15) is 25.8 Å². The van der Waals surface area contributed by atoms with Crippen molar-refractivity contribution in [3.8, 4) is 0 Å². The average Bonchev–Trinajstić information content (AvgIpc) is 2.71. The second kappa shape index (κ2) is 8.69. The van der Waals surface area contributed by atoms with E-state index in [1.165, 1.54) is 0 Å². The Balaban J connectivity index is 1.52. The zero-order chi connectivity index (χ0) is 20.0. The zero-order valence-electron chi connectivity index (χ0n) is 16.3. The van der Waals surface area contributed by atoms with E-state index in [0.717, 1.165) is 17.4 Å². The van der Waals surface area contributed by atoms with Crippen molar-refractivity contribution >= 4 is 22.5 Å². The molecule has 0 saturated carbocycles. The summed E-state index contributed by atoms with van der Waals surface area (Å²) in [5.74, 6) is 0.684. The Kier molecular flexibility index (Phi) is 6.09. The molecule has 1 heterocycles. The van der Waals surface area contributed by atoms with E-state index >= 15 is 0 Å². The molecule has 0 atom stereocenters. The Morgan fingerprint density at radius 1 is 1.00 bits per heavy atom. The van der Waals surface area contributed by atoms with Gasteiger partial charge in [0.1, 0.15) is 0 Å². The van der Waals surface area contributed by atoms with Gasteiger partial charge in [-0.3, -0.25) is 9.59 Å². The molecule has 0 unspecified atom stereocenters. The van der Waals surface area contributed by atoms with Crippen molar-refractivity contribution in [1.29, 1.82) is 0 Å². The molecule has 3 N–H and O–H groups in total. The Morgan fingerprint density at radius 2 is 1.68 bits per heavy atom. The SMILES string of the molecule is CC(C)(CNC(=O)CCc1ccccc1)CNc1n[nH]c(=O)c2ccccc12. The summed E-state index contributed by atoms with van der Waals surface area (Å²) < 4.78 is 0. The van der Waals surface area contributed by atoms with E-state index in [0.29, 0.717) is 30.7 Å². The van der Waals surface area contributed by atoms with Gasteiger partial charge >= 0.3 is 0 Å². The van der Waals surface area contributed by atoms with Crippen LogP contribution < -0.4 is 16.2 Å². The van der Waals surface area contributed by atoms with E-state index in [1.807, 2.05) is 48.5 Å². The minimum atomic E-state index is -0.203. The molecule has 1 aromatic heterocycles. The molecule has 0 bridgehead atoms. The summed E-state index contributed by atoms with van der Waals surface area (Å²) in [5, 5.41) is 14.4. The maximum atomic E-state index is 12.2. The lowest BCUT2D eigenvalue weighted by molar-refractivity contribution is -0.121. The molecule has 2 aromatic carbocycles. The number of nitrogens with one attached hydrogen (secondary N) is 3. The van der Waals surface area contributed by atoms with E-state index < -0.39 is 0 Å². The van der Waals surface area contributed by atoms with Gasteiger partial charge in [0, 0.05) is 24.9 Å². The van der Waals surface area contributed by atoms with Crippen LogP contribution in [0.2, 0.25) is 0 Å². The second-order valence-electron chi connectivity index (χ2n) is 7.73. The molecule has 0 saturated heterocycles. The lowest BCUT2D eigenvalue weighted by Gasteiger charge is -2.26. The molecule has 28 heavy (non-hydrogen) atoms. The third-order valence-electron chi connectivity index (χ3n) is 4.68. The van der Waals surface area contributed by atoms with Crippen LogP contribution in [0, 0.1) is 5.41 Å². The Labute approximate surface area is 164 Å². The molecule has 3 rings (SSSR count). The molecule has 0 radical (unpaired) electrons. The van der Waals surface area contributed by atoms with Gasteiger partial charge in [-0.2, -0.15) is 5.10 Å². The number of aromatic nitrogens is 2. The Hall–Kier alpha value is -3.15. The van der Waals surface area contributed by atoms with Gasteiger partial charge in [0.25, 0.3) is 5.56 Å². The number of benzene rings is 2. The first-order valence-electron chi connectivity index (χ1n) is 9.46. The molecule has 0 fully saturated rings. The number of nitrogens with zero attached hydrogens (tertiary/aromatic N) is 1. The molecule has 0 aliphatic carbocycles. The summed E-state index contributed by atoms with van der Waals surface area (Å²) in [6.45, 7) is 5.31. The van der Waals surface area contributed by atoms with Crippen molar-refractivity contribution in [1.82, 2.24) is 15.5 Å². The quantitative estimate of drug-likeness (QED) is 0.562. The first-order chi connectivity index (χ1) is 13.4. The second-order valence-corrected chi connectivity index (χ2v) is 7.73. The Morgan fingerprint density at radius 3 is 2.43 bits per heavy atom. The molecule has 146 valence electrons. The normalized spacial score (nSPS) is 11.4. The van der Waals surface area contributed by atoms with Crippen LogP contribution in [-0.2, 0) is 11.2 Å². The number of fused-ring (bicyclic) bond motifs is 1. The van der Waals surface area contributed by atoms with Crippen LogP contribution in [0.15, 0.2) is 59.4 Å². The fourth-order valence-corrected chi connectivity index (χ4v) is 2.96. The molecule has 6 heteroatoms. The average molecular weight is 378 g/mol. The van der Waals surface area contributed by atoms with Gasteiger partial charge in [0.2, 0.25) is 5.91 Å². The standard InChI is InChI=1S/C22H26N4O2/c1-22(2,14-23-19(27)13-12-16-8-4-3-5-9-16)15-24-20-17-10-6-7-11-18(17)21(28)26-25-20/h3-11H,12-15H2,1-2H3,(H,23,27)(H,24,25)(H,26,28). The fraction of sp³-hybridized carbons (Fsp3) is 0.318. The lowest BCUT2D eigenvalue weighted by Crippen LogP contribution is -2.38. The maximum Gasteiger partial charge on any atom is 0.272 e. The van der Waals surface area contributed by atoms with Crippen LogP contribution in [0.25, 0.3) is 10.8 Å². The number of amides is 1. The Bertz CT molecular complexity index is 996. The largest absolute Gasteiger partial charge is 0.368 e. The summed E-state index contributed by atoms with van der Waals surface area (Å²) in [6.07, 6.45) is 1.21. The monoisotopic (exact) mass is 378 g/mol. The van der Waals surface area contributed by atoms with Gasteiger partial charge in [0.05, 0.1) is 5.39 Å². The summed E-state index contributed by atoms with van der Waals surface area (Å²) >= 11 is 0. The van der Waals surface area contributed by atoms with E-state index in [2.05, 4.69) is 34.7 Å². The molecule has 3 aromatic rings. The van der Waals surface area contributed by atoms with Crippen LogP contribution in [0.4, 0.5) is 5.82 Å². The number of aryl methyl sites for hydroxylation is 1. The summed E-state index contributed by atoms with van der Waals surface area (Å²) in [5.41, 5.74) is 0.780. The van der Waals surface area contributed by atoms with Crippen molar-refractivity contribution < 1.29 is 4.79 Å². The van der Waals surface area contributed by atoms with Crippen LogP contribution in [0.5, 0.6) is 0 Å². The highest BCUT2D eigenvalue weighted by Gasteiger charge is 2.19. The zero-order valence-corrected chi connectivity index (χ0v) is 16.3. The van der Waals surface area contributed by atoms with Crippen LogP contribution in [-0.4, -0.2) is 29.2 Å². The number of H-pyrrole nitrogens is 1. The molecule has 0 aliphatic rings. The lowest BCUT2D eigenvalue weighted by atomic mass is 9.93. The minimum absolute atomic E-state index is 0.0459. The van der Waals surface area contributed by atoms with Gasteiger partial charge < -0.3 is 10.6 Å². The smallest absolute Gasteiger partial charge is 0.272 e. The van der Waals surface area contributed by atoms with E-state index in [-0.39, 0.29) is 16.9 Å². The van der Waals surface area contributed by atoms with Crippen molar-refractivity contribution in [2.45, 2.75) is 26.7 Å². The molecular formula is C22H26N4O2. The van der Waals surface area contributed by atoms with Gasteiger partial charge in [-0.1, -0.05) is 62.4 Å². The number of carbonyl (C=O) groups excluding carboxylic acids is 1. The van der Waals surface area contributed by atoms with E-state index in [9.17, 15) is 9.59 Å². The van der Waals surface area contributed by atoms with Gasteiger partial charge in [0.15, 0.2) is 5.82 Å². The topological polar surface area (TPSA) is 86.9 Å². The summed E-state index contributed by atoms with van der Waals surface area (Å²) in [6, 6.07) is 17.4. The molecule has 0 spiro atoms.